The minimum atomic E-state index is -0.141. The summed E-state index contributed by atoms with van der Waals surface area (Å²) in [5.74, 6) is -0.141. The van der Waals surface area contributed by atoms with Crippen molar-refractivity contribution in [1.82, 2.24) is 5.06 Å². The lowest BCUT2D eigenvalue weighted by Crippen LogP contribution is -2.29. The maximum absolute atomic E-state index is 11.6. The van der Waals surface area contributed by atoms with Crippen LogP contribution in [0.15, 0.2) is 18.2 Å². The first-order valence-electron chi connectivity index (χ1n) is 4.94. The van der Waals surface area contributed by atoms with E-state index in [0.29, 0.717) is 5.69 Å². The summed E-state index contributed by atoms with van der Waals surface area (Å²) in [7, 11) is 3.20. The van der Waals surface area contributed by atoms with E-state index < -0.39 is 0 Å². The second-order valence-corrected chi connectivity index (χ2v) is 3.54. The molecule has 0 saturated heterocycles. The summed E-state index contributed by atoms with van der Waals surface area (Å²) >= 11 is 0. The average Bonchev–Trinajstić information content (AvgIpc) is 2.24. The van der Waals surface area contributed by atoms with Gasteiger partial charge in [0.2, 0.25) is 5.91 Å². The van der Waals surface area contributed by atoms with Crippen LogP contribution in [0.5, 0.6) is 0 Å². The second-order valence-electron chi connectivity index (χ2n) is 3.54. The van der Waals surface area contributed by atoms with Crippen LogP contribution >= 0.6 is 0 Å². The van der Waals surface area contributed by atoms with Gasteiger partial charge in [0.15, 0.2) is 0 Å². The highest BCUT2D eigenvalue weighted by Gasteiger charge is 2.08. The number of anilines is 2. The third-order valence-corrected chi connectivity index (χ3v) is 2.33. The average molecular weight is 223 g/mol. The molecule has 88 valence electrons. The number of nitrogens with two attached hydrogens (primary N) is 1. The van der Waals surface area contributed by atoms with Crippen molar-refractivity contribution >= 4 is 17.3 Å². The van der Waals surface area contributed by atoms with Crippen LogP contribution in [0.3, 0.4) is 0 Å². The monoisotopic (exact) mass is 223 g/mol. The van der Waals surface area contributed by atoms with Gasteiger partial charge in [-0.2, -0.15) is 5.06 Å². The van der Waals surface area contributed by atoms with Gasteiger partial charge in [0.1, 0.15) is 6.54 Å². The van der Waals surface area contributed by atoms with Crippen molar-refractivity contribution in [3.05, 3.63) is 23.8 Å². The van der Waals surface area contributed by atoms with Gasteiger partial charge in [-0.1, -0.05) is 6.07 Å². The summed E-state index contributed by atoms with van der Waals surface area (Å²) in [6.45, 7) is 2.04. The zero-order valence-corrected chi connectivity index (χ0v) is 9.78. The Labute approximate surface area is 95.1 Å². The van der Waals surface area contributed by atoms with E-state index in [9.17, 15) is 4.79 Å². The van der Waals surface area contributed by atoms with Crippen molar-refractivity contribution in [3.63, 3.8) is 0 Å². The molecule has 0 spiro atoms. The largest absolute Gasteiger partial charge is 0.398 e. The van der Waals surface area contributed by atoms with Gasteiger partial charge in [0.05, 0.1) is 7.11 Å². The first kappa shape index (κ1) is 12.5. The molecule has 0 aliphatic carbocycles. The fourth-order valence-electron chi connectivity index (χ4n) is 1.25. The number of amides is 1. The van der Waals surface area contributed by atoms with Crippen LogP contribution in [0.1, 0.15) is 5.56 Å². The highest BCUT2D eigenvalue weighted by atomic mass is 16.7. The Hall–Kier alpha value is -1.59. The Morgan fingerprint density at radius 1 is 1.56 bits per heavy atom. The van der Waals surface area contributed by atoms with Gasteiger partial charge in [-0.3, -0.25) is 4.79 Å². The minimum Gasteiger partial charge on any atom is -0.398 e. The number of carbonyl (C=O) groups excluding carboxylic acids is 1. The zero-order valence-electron chi connectivity index (χ0n) is 9.78. The number of hydrogen-bond acceptors (Lipinski definition) is 4. The van der Waals surface area contributed by atoms with Crippen molar-refractivity contribution < 1.29 is 9.63 Å². The fraction of sp³-hybridized carbons (Fsp3) is 0.364. The molecule has 16 heavy (non-hydrogen) atoms. The third-order valence-electron chi connectivity index (χ3n) is 2.33. The number of nitrogens with zero attached hydrogens (tertiary/aromatic N) is 1. The van der Waals surface area contributed by atoms with Gasteiger partial charge >= 0.3 is 0 Å². The van der Waals surface area contributed by atoms with E-state index in [1.165, 1.54) is 12.2 Å². The molecule has 5 heteroatoms. The zero-order chi connectivity index (χ0) is 12.1. The number of nitrogens with one attached hydrogen (secondary N) is 1. The van der Waals surface area contributed by atoms with E-state index in [0.717, 1.165) is 11.3 Å². The summed E-state index contributed by atoms with van der Waals surface area (Å²) in [6.07, 6.45) is 0. The minimum absolute atomic E-state index is 0.141. The topological polar surface area (TPSA) is 67.6 Å². The molecule has 1 amide bonds. The van der Waals surface area contributed by atoms with Gasteiger partial charge in [-0.25, -0.2) is 0 Å². The molecule has 0 aliphatic heterocycles. The van der Waals surface area contributed by atoms with Crippen LogP contribution < -0.4 is 11.1 Å². The fourth-order valence-corrected chi connectivity index (χ4v) is 1.25. The van der Waals surface area contributed by atoms with Crippen molar-refractivity contribution in [2.75, 3.05) is 31.8 Å². The predicted octanol–water partition coefficient (Wildman–Crippen LogP) is 1.01. The number of hydroxylamine groups is 2. The maximum atomic E-state index is 11.6. The maximum Gasteiger partial charge on any atom is 0.240 e. The molecule has 0 unspecified atom stereocenters. The summed E-state index contributed by atoms with van der Waals surface area (Å²) in [5, 5.41) is 4.22. The van der Waals surface area contributed by atoms with Crippen LogP contribution in [0.2, 0.25) is 0 Å². The second kappa shape index (κ2) is 5.48. The molecule has 1 aromatic rings. The first-order valence-corrected chi connectivity index (χ1v) is 4.94. The summed E-state index contributed by atoms with van der Waals surface area (Å²) in [6, 6.07) is 5.42. The van der Waals surface area contributed by atoms with Gasteiger partial charge in [-0.15, -0.1) is 0 Å². The molecular formula is C11H17N3O2. The first-order chi connectivity index (χ1) is 7.54. The van der Waals surface area contributed by atoms with Gasteiger partial charge < -0.3 is 15.9 Å². The van der Waals surface area contributed by atoms with Crippen LogP contribution in [-0.2, 0) is 9.63 Å². The lowest BCUT2D eigenvalue weighted by atomic mass is 10.1. The Morgan fingerprint density at radius 3 is 2.88 bits per heavy atom. The van der Waals surface area contributed by atoms with Gasteiger partial charge in [0.25, 0.3) is 0 Å². The molecule has 0 bridgehead atoms. The van der Waals surface area contributed by atoms with E-state index in [4.69, 9.17) is 10.6 Å². The van der Waals surface area contributed by atoms with Crippen molar-refractivity contribution in [2.24, 2.45) is 0 Å². The van der Waals surface area contributed by atoms with Crippen molar-refractivity contribution in [3.8, 4) is 0 Å². The molecule has 0 radical (unpaired) electrons. The van der Waals surface area contributed by atoms with Crippen LogP contribution in [0, 0.1) is 6.92 Å². The standard InChI is InChI=1S/C11H17N3O2/c1-8-9(12)5-4-6-10(8)13-11(15)7-14(2)16-3/h4-6H,7,12H2,1-3H3,(H,13,15). The number of benzene rings is 1. The quantitative estimate of drug-likeness (QED) is 0.590. The molecule has 5 nitrogen and oxygen atoms in total. The molecule has 0 saturated carbocycles. The number of nitrogen functional groups attached to an aromatic ring is 1. The Bertz CT molecular complexity index is 379. The molecule has 0 aromatic heterocycles. The molecular weight excluding hydrogens is 206 g/mol. The van der Waals surface area contributed by atoms with Gasteiger partial charge in [0, 0.05) is 18.4 Å². The summed E-state index contributed by atoms with van der Waals surface area (Å²) in [4.78, 5) is 16.4. The summed E-state index contributed by atoms with van der Waals surface area (Å²) < 4.78 is 0. The highest BCUT2D eigenvalue weighted by Crippen LogP contribution is 2.20. The van der Waals surface area contributed by atoms with Crippen LogP contribution in [0.4, 0.5) is 11.4 Å². The normalized spacial score (nSPS) is 10.5. The smallest absolute Gasteiger partial charge is 0.240 e. The lowest BCUT2D eigenvalue weighted by molar-refractivity contribution is -0.137. The van der Waals surface area contributed by atoms with Crippen molar-refractivity contribution in [1.29, 1.82) is 0 Å². The molecule has 1 aromatic carbocycles. The molecule has 0 aliphatic rings. The summed E-state index contributed by atoms with van der Waals surface area (Å²) in [5.41, 5.74) is 8.00. The predicted molar refractivity (Wildman–Crippen MR) is 63.9 cm³/mol. The number of rotatable bonds is 4. The molecule has 0 heterocycles. The molecule has 3 N–H and O–H groups in total. The number of hydrogen-bond donors (Lipinski definition) is 2. The van der Waals surface area contributed by atoms with E-state index in [2.05, 4.69) is 5.32 Å². The van der Waals surface area contributed by atoms with Gasteiger partial charge in [-0.05, 0) is 24.6 Å². The Kier molecular flexibility index (Phi) is 4.28. The van der Waals surface area contributed by atoms with E-state index in [-0.39, 0.29) is 12.5 Å². The molecule has 0 atom stereocenters. The number of likely N-dealkylation sites (N-methyl/N-ethyl adjacent to an activating group) is 1. The van der Waals surface area contributed by atoms with E-state index >= 15 is 0 Å². The molecule has 1 rings (SSSR count). The van der Waals surface area contributed by atoms with E-state index in [1.807, 2.05) is 13.0 Å². The van der Waals surface area contributed by atoms with Crippen LogP contribution in [0.25, 0.3) is 0 Å². The van der Waals surface area contributed by atoms with Crippen molar-refractivity contribution in [2.45, 2.75) is 6.92 Å². The van der Waals surface area contributed by atoms with E-state index in [1.54, 1.807) is 19.2 Å². The Morgan fingerprint density at radius 2 is 2.25 bits per heavy atom. The third kappa shape index (κ3) is 3.22. The SMILES string of the molecule is CON(C)CC(=O)Nc1cccc(N)c1C. The van der Waals surface area contributed by atoms with Crippen LogP contribution in [-0.4, -0.2) is 31.7 Å². The Balaban J connectivity index is 2.66. The highest BCUT2D eigenvalue weighted by molar-refractivity contribution is 5.93. The number of carbonyl (C=O) groups is 1. The lowest BCUT2D eigenvalue weighted by Gasteiger charge is -2.14. The molecule has 0 fully saturated rings.